The van der Waals surface area contributed by atoms with Crippen molar-refractivity contribution in [3.63, 3.8) is 0 Å². The fourth-order valence-electron chi connectivity index (χ4n) is 3.71. The monoisotopic (exact) mass is 474 g/mol. The standard InChI is InChI=1S/C29H34N2O2S/c1-4-23(3)30-29(33)27(19-24-14-7-5-8-15-24)31(20-25-16-12-11-13-22(25)2)28(32)21-34-26-17-9-6-10-18-26/h5-18,23,27H,4,19-21H2,1-3H3,(H,30,33)/t23-,27+/m0/s1. The van der Waals surface area contributed by atoms with Crippen molar-refractivity contribution in [3.8, 4) is 0 Å². The van der Waals surface area contributed by atoms with E-state index in [-0.39, 0.29) is 23.6 Å². The maximum Gasteiger partial charge on any atom is 0.243 e. The second-order valence-corrected chi connectivity index (χ2v) is 9.62. The number of benzene rings is 3. The van der Waals surface area contributed by atoms with Crippen LogP contribution in [0.2, 0.25) is 0 Å². The van der Waals surface area contributed by atoms with Gasteiger partial charge in [-0.15, -0.1) is 11.8 Å². The number of nitrogens with zero attached hydrogens (tertiary/aromatic N) is 1. The largest absolute Gasteiger partial charge is 0.352 e. The smallest absolute Gasteiger partial charge is 0.243 e. The molecule has 0 aromatic heterocycles. The van der Waals surface area contributed by atoms with Gasteiger partial charge in [0.2, 0.25) is 11.8 Å². The van der Waals surface area contributed by atoms with E-state index in [0.717, 1.165) is 28.0 Å². The van der Waals surface area contributed by atoms with Gasteiger partial charge in [0.05, 0.1) is 5.75 Å². The summed E-state index contributed by atoms with van der Waals surface area (Å²) in [4.78, 5) is 30.0. The Kier molecular flexibility index (Phi) is 9.77. The van der Waals surface area contributed by atoms with Gasteiger partial charge in [-0.1, -0.05) is 79.7 Å². The third-order valence-corrected chi connectivity index (χ3v) is 6.98. The molecule has 0 saturated carbocycles. The highest BCUT2D eigenvalue weighted by atomic mass is 32.2. The zero-order chi connectivity index (χ0) is 24.3. The van der Waals surface area contributed by atoms with Gasteiger partial charge in [0.25, 0.3) is 0 Å². The van der Waals surface area contributed by atoms with Gasteiger partial charge in [-0.3, -0.25) is 9.59 Å². The highest BCUT2D eigenvalue weighted by Crippen LogP contribution is 2.22. The third kappa shape index (κ3) is 7.49. The van der Waals surface area contributed by atoms with E-state index in [1.54, 1.807) is 4.90 Å². The molecular formula is C29H34N2O2S. The molecule has 0 saturated heterocycles. The number of carbonyl (C=O) groups excluding carboxylic acids is 2. The van der Waals surface area contributed by atoms with Crippen LogP contribution in [-0.2, 0) is 22.6 Å². The molecule has 0 aliphatic rings. The SMILES string of the molecule is CC[C@H](C)NC(=O)[C@@H](Cc1ccccc1)N(Cc1ccccc1C)C(=O)CSc1ccccc1. The summed E-state index contributed by atoms with van der Waals surface area (Å²) in [6, 6.07) is 27.3. The molecule has 0 fully saturated rings. The van der Waals surface area contributed by atoms with Crippen LogP contribution < -0.4 is 5.32 Å². The maximum atomic E-state index is 13.6. The minimum atomic E-state index is -0.597. The Labute approximate surface area is 207 Å². The van der Waals surface area contributed by atoms with E-state index in [1.165, 1.54) is 11.8 Å². The van der Waals surface area contributed by atoms with E-state index in [9.17, 15) is 9.59 Å². The summed E-state index contributed by atoms with van der Waals surface area (Å²) in [5, 5.41) is 3.12. The molecule has 3 aromatic rings. The molecule has 0 spiro atoms. The number of nitrogens with one attached hydrogen (secondary N) is 1. The molecule has 0 unspecified atom stereocenters. The van der Waals surface area contributed by atoms with Gasteiger partial charge in [0.1, 0.15) is 6.04 Å². The van der Waals surface area contributed by atoms with Crippen LogP contribution in [0.3, 0.4) is 0 Å². The van der Waals surface area contributed by atoms with E-state index in [1.807, 2.05) is 106 Å². The zero-order valence-electron chi connectivity index (χ0n) is 20.2. The van der Waals surface area contributed by atoms with Crippen molar-refractivity contribution < 1.29 is 9.59 Å². The molecule has 0 bridgehead atoms. The first-order chi connectivity index (χ1) is 16.5. The molecular weight excluding hydrogens is 440 g/mol. The van der Waals surface area contributed by atoms with Crippen LogP contribution in [0.25, 0.3) is 0 Å². The zero-order valence-corrected chi connectivity index (χ0v) is 21.1. The van der Waals surface area contributed by atoms with E-state index in [0.29, 0.717) is 13.0 Å². The number of amides is 2. The lowest BCUT2D eigenvalue weighted by Crippen LogP contribution is -2.52. The molecule has 3 aromatic carbocycles. The van der Waals surface area contributed by atoms with Crippen LogP contribution in [0.5, 0.6) is 0 Å². The van der Waals surface area contributed by atoms with Crippen molar-refractivity contribution in [2.24, 2.45) is 0 Å². The number of thioether (sulfide) groups is 1. The summed E-state index contributed by atoms with van der Waals surface area (Å²) in [7, 11) is 0. The number of carbonyl (C=O) groups is 2. The first kappa shape index (κ1) is 25.6. The molecule has 4 nitrogen and oxygen atoms in total. The van der Waals surface area contributed by atoms with E-state index < -0.39 is 6.04 Å². The van der Waals surface area contributed by atoms with Crippen molar-refractivity contribution in [2.75, 3.05) is 5.75 Å². The lowest BCUT2D eigenvalue weighted by Gasteiger charge is -2.32. The Morgan fingerprint density at radius 1 is 0.912 bits per heavy atom. The van der Waals surface area contributed by atoms with Gasteiger partial charge in [-0.05, 0) is 49.1 Å². The van der Waals surface area contributed by atoms with Crippen molar-refractivity contribution in [3.05, 3.63) is 102 Å². The molecule has 0 radical (unpaired) electrons. The first-order valence-corrected chi connectivity index (χ1v) is 12.8. The summed E-state index contributed by atoms with van der Waals surface area (Å²) in [5.41, 5.74) is 3.19. The molecule has 178 valence electrons. The minimum absolute atomic E-state index is 0.0416. The van der Waals surface area contributed by atoms with Crippen molar-refractivity contribution in [2.45, 2.75) is 57.1 Å². The molecule has 0 heterocycles. The highest BCUT2D eigenvalue weighted by molar-refractivity contribution is 8.00. The molecule has 1 N–H and O–H groups in total. The number of hydrogen-bond donors (Lipinski definition) is 1. The summed E-state index contributed by atoms with van der Waals surface area (Å²) in [5.74, 6) is 0.125. The quantitative estimate of drug-likeness (QED) is 0.366. The Morgan fingerprint density at radius 2 is 1.53 bits per heavy atom. The molecule has 2 amide bonds. The van der Waals surface area contributed by atoms with Crippen LogP contribution in [0.1, 0.15) is 37.0 Å². The van der Waals surface area contributed by atoms with Crippen LogP contribution in [0.4, 0.5) is 0 Å². The van der Waals surface area contributed by atoms with Crippen molar-refractivity contribution in [1.82, 2.24) is 10.2 Å². The average Bonchev–Trinajstić information content (AvgIpc) is 2.86. The van der Waals surface area contributed by atoms with Crippen molar-refractivity contribution in [1.29, 1.82) is 0 Å². The molecule has 3 rings (SSSR count). The second kappa shape index (κ2) is 13.0. The van der Waals surface area contributed by atoms with Crippen LogP contribution in [-0.4, -0.2) is 34.6 Å². The number of rotatable bonds is 11. The van der Waals surface area contributed by atoms with Crippen LogP contribution in [0.15, 0.2) is 89.8 Å². The lowest BCUT2D eigenvalue weighted by atomic mass is 10.0. The Balaban J connectivity index is 1.92. The first-order valence-electron chi connectivity index (χ1n) is 11.8. The van der Waals surface area contributed by atoms with Crippen LogP contribution in [0, 0.1) is 6.92 Å². The number of aryl methyl sites for hydroxylation is 1. The number of hydrogen-bond acceptors (Lipinski definition) is 3. The summed E-state index contributed by atoms with van der Waals surface area (Å²) < 4.78 is 0. The predicted molar refractivity (Wildman–Crippen MR) is 141 cm³/mol. The van der Waals surface area contributed by atoms with E-state index >= 15 is 0 Å². The van der Waals surface area contributed by atoms with E-state index in [2.05, 4.69) is 5.32 Å². The van der Waals surface area contributed by atoms with Gasteiger partial charge < -0.3 is 10.2 Å². The van der Waals surface area contributed by atoms with Gasteiger partial charge in [-0.25, -0.2) is 0 Å². The summed E-state index contributed by atoms with van der Waals surface area (Å²) in [6.07, 6.45) is 1.30. The lowest BCUT2D eigenvalue weighted by molar-refractivity contribution is -0.139. The van der Waals surface area contributed by atoms with Gasteiger partial charge in [-0.2, -0.15) is 0 Å². The Morgan fingerprint density at radius 3 is 2.18 bits per heavy atom. The van der Waals surface area contributed by atoms with Gasteiger partial charge in [0, 0.05) is 23.9 Å². The second-order valence-electron chi connectivity index (χ2n) is 8.57. The molecule has 34 heavy (non-hydrogen) atoms. The summed E-state index contributed by atoms with van der Waals surface area (Å²) in [6.45, 7) is 6.48. The highest BCUT2D eigenvalue weighted by Gasteiger charge is 2.31. The fraction of sp³-hybridized carbons (Fsp3) is 0.310. The average molecular weight is 475 g/mol. The maximum absolute atomic E-state index is 13.6. The third-order valence-electron chi connectivity index (χ3n) is 5.98. The predicted octanol–water partition coefficient (Wildman–Crippen LogP) is 5.64. The summed E-state index contributed by atoms with van der Waals surface area (Å²) >= 11 is 1.50. The Bertz CT molecular complexity index is 1060. The topological polar surface area (TPSA) is 49.4 Å². The van der Waals surface area contributed by atoms with E-state index in [4.69, 9.17) is 0 Å². The fourth-order valence-corrected chi connectivity index (χ4v) is 4.52. The minimum Gasteiger partial charge on any atom is -0.352 e. The van der Waals surface area contributed by atoms with Gasteiger partial charge in [0.15, 0.2) is 0 Å². The van der Waals surface area contributed by atoms with Crippen molar-refractivity contribution >= 4 is 23.6 Å². The molecule has 2 atom stereocenters. The van der Waals surface area contributed by atoms with Crippen LogP contribution >= 0.6 is 11.8 Å². The molecule has 0 aliphatic heterocycles. The normalized spacial score (nSPS) is 12.6. The molecule has 0 aliphatic carbocycles. The molecule has 5 heteroatoms. The Hall–Kier alpha value is -3.05. The van der Waals surface area contributed by atoms with Gasteiger partial charge >= 0.3 is 0 Å².